The van der Waals surface area contributed by atoms with E-state index in [2.05, 4.69) is 23.8 Å². The number of imide groups is 2. The first kappa shape index (κ1) is 34.5. The second kappa shape index (κ2) is 19.4. The monoisotopic (exact) mass is 590 g/mol. The van der Waals surface area contributed by atoms with Crippen molar-refractivity contribution in [2.75, 3.05) is 26.3 Å². The fourth-order valence-corrected chi connectivity index (χ4v) is 5.02. The van der Waals surface area contributed by atoms with E-state index < -0.39 is 36.1 Å². The van der Waals surface area contributed by atoms with E-state index in [0.717, 1.165) is 74.0 Å². The highest BCUT2D eigenvalue weighted by Crippen LogP contribution is 2.21. The molecule has 2 fully saturated rings. The van der Waals surface area contributed by atoms with Crippen molar-refractivity contribution in [3.63, 3.8) is 0 Å². The Morgan fingerprint density at radius 2 is 0.976 bits per heavy atom. The molecule has 2 aliphatic heterocycles. The Morgan fingerprint density at radius 3 is 1.31 bits per heavy atom. The number of ether oxygens (including phenoxy) is 2. The maximum Gasteiger partial charge on any atom is 0.329 e. The molecule has 2 saturated heterocycles. The largest absolute Gasteiger partial charge is 0.460 e. The lowest BCUT2D eigenvalue weighted by atomic mass is 10.1. The van der Waals surface area contributed by atoms with Gasteiger partial charge in [-0.05, 0) is 25.7 Å². The van der Waals surface area contributed by atoms with Crippen LogP contribution in [0, 0.1) is 0 Å². The number of hydrogen-bond acceptors (Lipinski definition) is 8. The number of urea groups is 2. The number of nitrogens with zero attached hydrogens (tertiary/aromatic N) is 2. The van der Waals surface area contributed by atoms with Gasteiger partial charge in [-0.15, -0.1) is 0 Å². The Kier molecular flexibility index (Phi) is 16.0. The molecule has 0 aliphatic carbocycles. The van der Waals surface area contributed by atoms with Crippen LogP contribution in [0.1, 0.15) is 89.9 Å². The Balaban J connectivity index is 1.45. The minimum absolute atomic E-state index is 0.0426. The third-order valence-electron chi connectivity index (χ3n) is 7.25. The van der Waals surface area contributed by atoms with Crippen LogP contribution in [0.15, 0.2) is 25.3 Å². The summed E-state index contributed by atoms with van der Waals surface area (Å²) >= 11 is 0. The highest BCUT2D eigenvalue weighted by molar-refractivity contribution is 6.02. The second-order valence-corrected chi connectivity index (χ2v) is 10.5. The van der Waals surface area contributed by atoms with Gasteiger partial charge < -0.3 is 20.1 Å². The average molecular weight is 591 g/mol. The minimum atomic E-state index is -0.871. The van der Waals surface area contributed by atoms with Gasteiger partial charge in [0.1, 0.15) is 25.3 Å². The summed E-state index contributed by atoms with van der Waals surface area (Å²) in [6.07, 6.45) is 13.8. The molecule has 2 unspecified atom stereocenters. The van der Waals surface area contributed by atoms with Gasteiger partial charge in [0.05, 0.1) is 0 Å². The number of unbranched alkanes of at least 4 members (excludes halogenated alkanes) is 9. The fourth-order valence-electron chi connectivity index (χ4n) is 5.02. The molecule has 0 aromatic heterocycles. The van der Waals surface area contributed by atoms with Crippen molar-refractivity contribution in [2.45, 2.75) is 102 Å². The number of esters is 2. The third-order valence-corrected chi connectivity index (χ3v) is 7.25. The first-order valence-corrected chi connectivity index (χ1v) is 15.1. The lowest BCUT2D eigenvalue weighted by Crippen LogP contribution is -2.48. The van der Waals surface area contributed by atoms with E-state index in [1.54, 1.807) is 0 Å². The zero-order valence-electron chi connectivity index (χ0n) is 24.6. The van der Waals surface area contributed by atoms with Crippen molar-refractivity contribution in [2.24, 2.45) is 0 Å². The maximum atomic E-state index is 12.4. The number of likely N-dealkylation sites (tertiary alicyclic amines) is 2. The quantitative estimate of drug-likeness (QED) is 0.131. The Morgan fingerprint density at radius 1 is 0.643 bits per heavy atom. The number of nitrogens with one attached hydrogen (secondary N) is 2. The van der Waals surface area contributed by atoms with Crippen LogP contribution < -0.4 is 10.6 Å². The van der Waals surface area contributed by atoms with Gasteiger partial charge in [-0.2, -0.15) is 0 Å². The molecule has 2 heterocycles. The van der Waals surface area contributed by atoms with Crippen LogP contribution in [-0.4, -0.2) is 84.0 Å². The van der Waals surface area contributed by atoms with Gasteiger partial charge in [0.15, 0.2) is 0 Å². The standard InChI is InChI=1S/C30H46N4O8/c1-3-21-41-27(37)23-15-17-25(35)33(23)29(39)31-19-13-11-9-7-5-6-8-10-12-14-20-32-30(40)34-24(16-18-26(34)36)28(38)42-22-4-2/h3-4,23-24H,1-2,5-22H2,(H,31,39)(H,32,40). The van der Waals surface area contributed by atoms with Crippen molar-refractivity contribution >= 4 is 35.8 Å². The van der Waals surface area contributed by atoms with Crippen molar-refractivity contribution in [1.29, 1.82) is 0 Å². The molecule has 0 spiro atoms. The summed E-state index contributed by atoms with van der Waals surface area (Å²) < 4.78 is 10.0. The van der Waals surface area contributed by atoms with Crippen LogP contribution in [0.3, 0.4) is 0 Å². The first-order valence-electron chi connectivity index (χ1n) is 15.1. The van der Waals surface area contributed by atoms with Crippen LogP contribution in [0.25, 0.3) is 0 Å². The lowest BCUT2D eigenvalue weighted by molar-refractivity contribution is -0.149. The van der Waals surface area contributed by atoms with E-state index in [9.17, 15) is 28.8 Å². The zero-order chi connectivity index (χ0) is 30.7. The van der Waals surface area contributed by atoms with Crippen molar-refractivity contribution in [3.8, 4) is 0 Å². The molecule has 2 atom stereocenters. The normalized spacial score (nSPS) is 18.1. The van der Waals surface area contributed by atoms with E-state index in [1.807, 2.05) is 0 Å². The van der Waals surface area contributed by atoms with Gasteiger partial charge in [-0.1, -0.05) is 76.7 Å². The number of rotatable bonds is 19. The Labute approximate surface area is 248 Å². The third kappa shape index (κ3) is 11.3. The summed E-state index contributed by atoms with van der Waals surface area (Å²) in [7, 11) is 0. The average Bonchev–Trinajstić information content (AvgIpc) is 3.56. The molecule has 42 heavy (non-hydrogen) atoms. The highest BCUT2D eigenvalue weighted by Gasteiger charge is 2.42. The van der Waals surface area contributed by atoms with Crippen molar-refractivity contribution in [3.05, 3.63) is 25.3 Å². The number of carbonyl (C=O) groups excluding carboxylic acids is 6. The molecule has 12 nitrogen and oxygen atoms in total. The predicted molar refractivity (Wildman–Crippen MR) is 155 cm³/mol. The van der Waals surface area contributed by atoms with Gasteiger partial charge >= 0.3 is 24.0 Å². The van der Waals surface area contributed by atoms with Gasteiger partial charge in [0.2, 0.25) is 11.8 Å². The lowest BCUT2D eigenvalue weighted by Gasteiger charge is -2.21. The fraction of sp³-hybridized carbons (Fsp3) is 0.667. The second-order valence-electron chi connectivity index (χ2n) is 10.5. The molecule has 0 radical (unpaired) electrons. The highest BCUT2D eigenvalue weighted by atomic mass is 16.5. The van der Waals surface area contributed by atoms with E-state index >= 15 is 0 Å². The number of carbonyl (C=O) groups is 6. The van der Waals surface area contributed by atoms with Crippen molar-refractivity contribution < 1.29 is 38.2 Å². The van der Waals surface area contributed by atoms with Gasteiger partial charge in [-0.3, -0.25) is 9.59 Å². The van der Waals surface area contributed by atoms with Crippen LogP contribution in [0.4, 0.5) is 9.59 Å². The van der Waals surface area contributed by atoms with Gasteiger partial charge in [0, 0.05) is 25.9 Å². The molecule has 2 rings (SSSR count). The van der Waals surface area contributed by atoms with E-state index in [1.165, 1.54) is 12.2 Å². The summed E-state index contributed by atoms with van der Waals surface area (Å²) in [5.41, 5.74) is 0. The van der Waals surface area contributed by atoms with Gasteiger partial charge in [-0.25, -0.2) is 29.0 Å². The molecule has 234 valence electrons. The van der Waals surface area contributed by atoms with Crippen LogP contribution in [0.5, 0.6) is 0 Å². The molecule has 6 amide bonds. The van der Waals surface area contributed by atoms with E-state index in [4.69, 9.17) is 9.47 Å². The maximum absolute atomic E-state index is 12.4. The smallest absolute Gasteiger partial charge is 0.329 e. The van der Waals surface area contributed by atoms with E-state index in [0.29, 0.717) is 13.1 Å². The summed E-state index contributed by atoms with van der Waals surface area (Å²) in [5, 5.41) is 5.48. The van der Waals surface area contributed by atoms with Crippen LogP contribution >= 0.6 is 0 Å². The topological polar surface area (TPSA) is 151 Å². The van der Waals surface area contributed by atoms with E-state index in [-0.39, 0.29) is 50.7 Å². The molecule has 2 aliphatic rings. The summed E-state index contributed by atoms with van der Waals surface area (Å²) in [4.78, 5) is 75.2. The molecular weight excluding hydrogens is 544 g/mol. The summed E-state index contributed by atoms with van der Waals surface area (Å²) in [6.45, 7) is 7.95. The first-order chi connectivity index (χ1) is 20.3. The summed E-state index contributed by atoms with van der Waals surface area (Å²) in [6, 6.07) is -2.83. The molecule has 12 heteroatoms. The number of amides is 6. The Hall–Kier alpha value is -3.70. The van der Waals surface area contributed by atoms with Gasteiger partial charge in [0.25, 0.3) is 0 Å². The van der Waals surface area contributed by atoms with Crippen molar-refractivity contribution in [1.82, 2.24) is 20.4 Å². The summed E-state index contributed by atoms with van der Waals surface area (Å²) in [5.74, 6) is -1.91. The molecule has 0 aromatic rings. The molecule has 0 bridgehead atoms. The molecule has 0 saturated carbocycles. The molecular formula is C30H46N4O8. The predicted octanol–water partition coefficient (Wildman–Crippen LogP) is 3.75. The van der Waals surface area contributed by atoms with Crippen LogP contribution in [0.2, 0.25) is 0 Å². The Bertz CT molecular complexity index is 893. The van der Waals surface area contributed by atoms with Crippen LogP contribution in [-0.2, 0) is 28.7 Å². The minimum Gasteiger partial charge on any atom is -0.460 e. The molecule has 0 aromatic carbocycles. The zero-order valence-corrected chi connectivity index (χ0v) is 24.6. The number of hydrogen-bond donors (Lipinski definition) is 2. The SMILES string of the molecule is C=CCOC(=O)C1CCC(=O)N1C(=O)NCCCCCCCCCCCCNC(=O)N1C(=O)CCC1C(=O)OCC=C. The molecule has 2 N–H and O–H groups in total.